The van der Waals surface area contributed by atoms with Crippen molar-refractivity contribution in [3.63, 3.8) is 0 Å². The van der Waals surface area contributed by atoms with E-state index >= 15 is 0 Å². The third kappa shape index (κ3) is 1.55. The fourth-order valence-electron chi connectivity index (χ4n) is 1.75. The van der Waals surface area contributed by atoms with Gasteiger partial charge in [0.15, 0.2) is 5.82 Å². The van der Waals surface area contributed by atoms with E-state index in [4.69, 9.17) is 5.73 Å². The first-order valence-corrected chi connectivity index (χ1v) is 5.10. The number of nitrogens with zero attached hydrogens (tertiary/aromatic N) is 3. The minimum Gasteiger partial charge on any atom is -0.382 e. The van der Waals surface area contributed by atoms with Crippen LogP contribution in [0.25, 0.3) is 22.5 Å². The van der Waals surface area contributed by atoms with Gasteiger partial charge in [-0.3, -0.25) is 15.2 Å². The number of nitrogen functional groups attached to an aromatic ring is 1. The average molecular weight is 226 g/mol. The van der Waals surface area contributed by atoms with Crippen molar-refractivity contribution < 1.29 is 0 Å². The molecule has 0 unspecified atom stereocenters. The number of hydrogen-bond acceptors (Lipinski definition) is 4. The fourth-order valence-corrected chi connectivity index (χ4v) is 1.75. The molecule has 0 radical (unpaired) electrons. The van der Waals surface area contributed by atoms with Crippen molar-refractivity contribution in [1.29, 1.82) is 0 Å². The molecule has 0 atom stereocenters. The zero-order valence-corrected chi connectivity index (χ0v) is 8.88. The molecule has 3 heterocycles. The van der Waals surface area contributed by atoms with E-state index in [0.29, 0.717) is 5.82 Å². The van der Waals surface area contributed by atoms with E-state index in [1.807, 2.05) is 18.2 Å². The smallest absolute Gasteiger partial charge is 0.153 e. The number of hydrogen-bond donors (Lipinski definition) is 3. The highest BCUT2D eigenvalue weighted by Gasteiger charge is 2.15. The topological polar surface area (TPSA) is 96.3 Å². The van der Waals surface area contributed by atoms with Gasteiger partial charge in [-0.25, -0.2) is 0 Å². The molecule has 6 nitrogen and oxygen atoms in total. The van der Waals surface area contributed by atoms with Crippen molar-refractivity contribution in [3.05, 3.63) is 36.8 Å². The molecule has 0 aliphatic heterocycles. The van der Waals surface area contributed by atoms with Crippen molar-refractivity contribution in [2.24, 2.45) is 0 Å². The monoisotopic (exact) mass is 226 g/mol. The minimum absolute atomic E-state index is 0.447. The van der Waals surface area contributed by atoms with Crippen molar-refractivity contribution in [3.8, 4) is 22.5 Å². The zero-order chi connectivity index (χ0) is 11.7. The van der Waals surface area contributed by atoms with Gasteiger partial charge in [-0.15, -0.1) is 0 Å². The van der Waals surface area contributed by atoms with Gasteiger partial charge >= 0.3 is 0 Å². The summed E-state index contributed by atoms with van der Waals surface area (Å²) < 4.78 is 0. The van der Waals surface area contributed by atoms with E-state index in [9.17, 15) is 0 Å². The van der Waals surface area contributed by atoms with Crippen LogP contribution in [0.3, 0.4) is 0 Å². The van der Waals surface area contributed by atoms with Crippen LogP contribution in [0.1, 0.15) is 0 Å². The lowest BCUT2D eigenvalue weighted by Gasteiger charge is -2.01. The zero-order valence-electron chi connectivity index (χ0n) is 8.88. The van der Waals surface area contributed by atoms with Gasteiger partial charge < -0.3 is 5.73 Å². The highest BCUT2D eigenvalue weighted by atomic mass is 15.2. The Balaban J connectivity index is 2.20. The van der Waals surface area contributed by atoms with Crippen LogP contribution < -0.4 is 5.73 Å². The average Bonchev–Trinajstić information content (AvgIpc) is 2.98. The van der Waals surface area contributed by atoms with Gasteiger partial charge in [0.2, 0.25) is 0 Å². The Morgan fingerprint density at radius 1 is 1.12 bits per heavy atom. The summed E-state index contributed by atoms with van der Waals surface area (Å²) in [4.78, 5) is 4.08. The molecular formula is C11H10N6. The second-order valence-electron chi connectivity index (χ2n) is 3.57. The molecule has 0 fully saturated rings. The van der Waals surface area contributed by atoms with Gasteiger partial charge in [0.05, 0.1) is 17.0 Å². The molecule has 0 aliphatic rings. The molecule has 4 N–H and O–H groups in total. The van der Waals surface area contributed by atoms with Crippen LogP contribution in [0.2, 0.25) is 0 Å². The number of pyridine rings is 1. The molecule has 0 amide bonds. The van der Waals surface area contributed by atoms with Gasteiger partial charge in [-0.2, -0.15) is 10.2 Å². The van der Waals surface area contributed by atoms with E-state index in [1.165, 1.54) is 0 Å². The molecule has 3 rings (SSSR count). The number of anilines is 1. The fraction of sp³-hybridized carbons (Fsp3) is 0. The van der Waals surface area contributed by atoms with E-state index in [-0.39, 0.29) is 0 Å². The second kappa shape index (κ2) is 3.75. The number of nitrogens with one attached hydrogen (secondary N) is 2. The largest absolute Gasteiger partial charge is 0.382 e. The Kier molecular flexibility index (Phi) is 2.11. The van der Waals surface area contributed by atoms with Crippen LogP contribution >= 0.6 is 0 Å². The SMILES string of the molecule is Nc1n[nH]c(-c2ccn[nH]2)c1-c1cccnc1. The van der Waals surface area contributed by atoms with Gasteiger partial charge in [-0.05, 0) is 12.1 Å². The normalized spacial score (nSPS) is 10.6. The van der Waals surface area contributed by atoms with Crippen LogP contribution in [0.15, 0.2) is 36.8 Å². The summed E-state index contributed by atoms with van der Waals surface area (Å²) in [6, 6.07) is 5.65. The van der Waals surface area contributed by atoms with Crippen LogP contribution in [0.5, 0.6) is 0 Å². The molecule has 0 aliphatic carbocycles. The molecule has 0 aromatic carbocycles. The molecular weight excluding hydrogens is 216 g/mol. The summed E-state index contributed by atoms with van der Waals surface area (Å²) >= 11 is 0. The Bertz CT molecular complexity index is 611. The predicted octanol–water partition coefficient (Wildman–Crippen LogP) is 1.44. The molecule has 0 spiro atoms. The lowest BCUT2D eigenvalue weighted by atomic mass is 10.1. The summed E-state index contributed by atoms with van der Waals surface area (Å²) in [5.74, 6) is 0.447. The number of rotatable bonds is 2. The highest BCUT2D eigenvalue weighted by Crippen LogP contribution is 2.32. The Hall–Kier alpha value is -2.63. The van der Waals surface area contributed by atoms with Crippen molar-refractivity contribution in [2.45, 2.75) is 0 Å². The van der Waals surface area contributed by atoms with Gasteiger partial charge in [0, 0.05) is 24.2 Å². The summed E-state index contributed by atoms with van der Waals surface area (Å²) in [7, 11) is 0. The van der Waals surface area contributed by atoms with E-state index < -0.39 is 0 Å². The molecule has 0 saturated carbocycles. The van der Waals surface area contributed by atoms with Crippen molar-refractivity contribution in [2.75, 3.05) is 5.73 Å². The molecule has 17 heavy (non-hydrogen) atoms. The van der Waals surface area contributed by atoms with Crippen LogP contribution in [-0.2, 0) is 0 Å². The molecule has 3 aromatic rings. The summed E-state index contributed by atoms with van der Waals surface area (Å²) in [6.07, 6.45) is 5.15. The molecule has 0 bridgehead atoms. The standard InChI is InChI=1S/C11H10N6/c12-11-9(7-2-1-4-13-6-7)10(16-17-11)8-3-5-14-15-8/h1-6H,(H,14,15)(H3,12,16,17). The summed E-state index contributed by atoms with van der Waals surface area (Å²) in [5, 5.41) is 13.7. The van der Waals surface area contributed by atoms with Gasteiger partial charge in [0.25, 0.3) is 0 Å². The quantitative estimate of drug-likeness (QED) is 0.616. The maximum atomic E-state index is 5.88. The summed E-state index contributed by atoms with van der Waals surface area (Å²) in [5.41, 5.74) is 9.28. The van der Waals surface area contributed by atoms with Gasteiger partial charge in [0.1, 0.15) is 0 Å². The summed E-state index contributed by atoms with van der Waals surface area (Å²) in [6.45, 7) is 0. The van der Waals surface area contributed by atoms with E-state index in [2.05, 4.69) is 25.4 Å². The lowest BCUT2D eigenvalue weighted by Crippen LogP contribution is -1.89. The van der Waals surface area contributed by atoms with Crippen molar-refractivity contribution in [1.82, 2.24) is 25.4 Å². The first kappa shape index (κ1) is 9.59. The second-order valence-corrected chi connectivity index (χ2v) is 3.57. The number of H-pyrrole nitrogens is 2. The maximum absolute atomic E-state index is 5.88. The third-order valence-electron chi connectivity index (χ3n) is 2.51. The molecule has 3 aromatic heterocycles. The number of aromatic amines is 2. The molecule has 0 saturated heterocycles. The van der Waals surface area contributed by atoms with E-state index in [0.717, 1.165) is 22.5 Å². The first-order chi connectivity index (χ1) is 8.36. The minimum atomic E-state index is 0.447. The van der Waals surface area contributed by atoms with Crippen LogP contribution in [0, 0.1) is 0 Å². The van der Waals surface area contributed by atoms with E-state index in [1.54, 1.807) is 18.6 Å². The van der Waals surface area contributed by atoms with Crippen molar-refractivity contribution >= 4 is 5.82 Å². The number of nitrogens with two attached hydrogens (primary N) is 1. The number of aromatic nitrogens is 5. The molecule has 84 valence electrons. The first-order valence-electron chi connectivity index (χ1n) is 5.10. The Labute approximate surface area is 96.9 Å². The van der Waals surface area contributed by atoms with Gasteiger partial charge in [-0.1, -0.05) is 6.07 Å². The Morgan fingerprint density at radius 3 is 2.76 bits per heavy atom. The highest BCUT2D eigenvalue weighted by molar-refractivity contribution is 5.86. The van der Waals surface area contributed by atoms with Crippen LogP contribution in [-0.4, -0.2) is 25.4 Å². The maximum Gasteiger partial charge on any atom is 0.153 e. The lowest BCUT2D eigenvalue weighted by molar-refractivity contribution is 1.06. The predicted molar refractivity (Wildman–Crippen MR) is 63.8 cm³/mol. The Morgan fingerprint density at radius 2 is 2.06 bits per heavy atom. The van der Waals surface area contributed by atoms with Crippen LogP contribution in [0.4, 0.5) is 5.82 Å². The third-order valence-corrected chi connectivity index (χ3v) is 2.51. The molecule has 6 heteroatoms.